The smallest absolute Gasteiger partial charge is 0.322 e. The van der Waals surface area contributed by atoms with E-state index >= 15 is 0 Å². The van der Waals surface area contributed by atoms with Crippen molar-refractivity contribution in [3.63, 3.8) is 0 Å². The minimum Gasteiger partial charge on any atom is -0.497 e. The Kier molecular flexibility index (Phi) is 6.92. The van der Waals surface area contributed by atoms with Crippen LogP contribution >= 0.6 is 0 Å². The summed E-state index contributed by atoms with van der Waals surface area (Å²) in [5.74, 6) is -0.365. The number of allylic oxidation sites excluding steroid dienone is 1. The van der Waals surface area contributed by atoms with Gasteiger partial charge in [-0.05, 0) is 48.7 Å². The van der Waals surface area contributed by atoms with Crippen molar-refractivity contribution in [3.05, 3.63) is 72.3 Å². The zero-order chi connectivity index (χ0) is 18.9. The summed E-state index contributed by atoms with van der Waals surface area (Å²) in [6.07, 6.45) is 5.76. The molecule has 0 saturated carbocycles. The van der Waals surface area contributed by atoms with Crippen molar-refractivity contribution in [1.29, 1.82) is 0 Å². The quantitative estimate of drug-likeness (QED) is 0.230. The zero-order valence-electron chi connectivity index (χ0n) is 15.0. The van der Waals surface area contributed by atoms with Gasteiger partial charge in [-0.1, -0.05) is 42.5 Å². The Morgan fingerprint density at radius 1 is 0.962 bits per heavy atom. The fourth-order valence-electron chi connectivity index (χ4n) is 2.34. The lowest BCUT2D eigenvalue weighted by Gasteiger charge is -2.11. The molecule has 0 spiro atoms. The molecule has 0 N–H and O–H groups in total. The van der Waals surface area contributed by atoms with Crippen molar-refractivity contribution < 1.29 is 19.1 Å². The number of benzene rings is 2. The van der Waals surface area contributed by atoms with Gasteiger partial charge in [0.1, 0.15) is 23.2 Å². The summed E-state index contributed by atoms with van der Waals surface area (Å²) in [6, 6.07) is 14.8. The number of ether oxygens (including phenoxy) is 2. The van der Waals surface area contributed by atoms with Gasteiger partial charge in [0.05, 0.1) is 7.11 Å². The Labute approximate surface area is 153 Å². The van der Waals surface area contributed by atoms with Crippen LogP contribution in [0.25, 0.3) is 12.2 Å². The second-order valence-corrected chi connectivity index (χ2v) is 5.78. The number of esters is 1. The van der Waals surface area contributed by atoms with E-state index in [4.69, 9.17) is 9.47 Å². The van der Waals surface area contributed by atoms with Crippen LogP contribution in [0.4, 0.5) is 0 Å². The average Bonchev–Trinajstić information content (AvgIpc) is 2.65. The Morgan fingerprint density at radius 3 is 1.88 bits per heavy atom. The van der Waals surface area contributed by atoms with Crippen molar-refractivity contribution in [1.82, 2.24) is 0 Å². The van der Waals surface area contributed by atoms with Gasteiger partial charge in [0.2, 0.25) is 0 Å². The SMILES string of the molecule is C=CCC(C(C)=O)C(=O)Oc1ccc(C=Cc2ccc(OC)cc2)cc1. The van der Waals surface area contributed by atoms with E-state index in [1.807, 2.05) is 48.6 Å². The normalized spacial score (nSPS) is 11.8. The maximum Gasteiger partial charge on any atom is 0.322 e. The molecule has 0 fully saturated rings. The predicted molar refractivity (Wildman–Crippen MR) is 103 cm³/mol. The molecule has 4 heteroatoms. The summed E-state index contributed by atoms with van der Waals surface area (Å²) in [5.41, 5.74) is 2.02. The molecule has 0 saturated heterocycles. The minimum absolute atomic E-state index is 0.228. The Balaban J connectivity index is 2.00. The van der Waals surface area contributed by atoms with E-state index in [-0.39, 0.29) is 12.2 Å². The first-order valence-electron chi connectivity index (χ1n) is 8.28. The van der Waals surface area contributed by atoms with E-state index in [0.29, 0.717) is 5.75 Å². The molecule has 134 valence electrons. The van der Waals surface area contributed by atoms with Gasteiger partial charge >= 0.3 is 5.97 Å². The first-order valence-corrected chi connectivity index (χ1v) is 8.28. The standard InChI is InChI=1S/C22H22O4/c1-4-5-21(16(2)23)22(24)26-20-14-10-18(11-15-20)7-6-17-8-12-19(25-3)13-9-17/h4,6-15,21H,1,5H2,2-3H3. The Morgan fingerprint density at radius 2 is 1.46 bits per heavy atom. The zero-order valence-corrected chi connectivity index (χ0v) is 15.0. The number of Topliss-reactive ketones (excluding diaryl/α,β-unsaturated/α-hetero) is 1. The third-order valence-corrected chi connectivity index (χ3v) is 3.86. The van der Waals surface area contributed by atoms with Gasteiger partial charge in [-0.3, -0.25) is 9.59 Å². The molecule has 0 aliphatic rings. The first kappa shape index (κ1) is 19.2. The van der Waals surface area contributed by atoms with Crippen LogP contribution in [0.1, 0.15) is 24.5 Å². The lowest BCUT2D eigenvalue weighted by atomic mass is 10.0. The van der Waals surface area contributed by atoms with Gasteiger partial charge in [0, 0.05) is 0 Å². The van der Waals surface area contributed by atoms with Crippen LogP contribution < -0.4 is 9.47 Å². The van der Waals surface area contributed by atoms with Crippen LogP contribution in [0.3, 0.4) is 0 Å². The fraction of sp³-hybridized carbons (Fsp3) is 0.182. The molecule has 0 aliphatic heterocycles. The highest BCUT2D eigenvalue weighted by Gasteiger charge is 2.23. The highest BCUT2D eigenvalue weighted by atomic mass is 16.5. The van der Waals surface area contributed by atoms with E-state index < -0.39 is 11.9 Å². The first-order chi connectivity index (χ1) is 12.5. The molecule has 4 nitrogen and oxygen atoms in total. The van der Waals surface area contributed by atoms with Crippen molar-refractivity contribution in [2.75, 3.05) is 7.11 Å². The number of methoxy groups -OCH3 is 1. The van der Waals surface area contributed by atoms with E-state index in [9.17, 15) is 9.59 Å². The van der Waals surface area contributed by atoms with Gasteiger partial charge in [-0.2, -0.15) is 0 Å². The highest BCUT2D eigenvalue weighted by molar-refractivity contribution is 5.98. The van der Waals surface area contributed by atoms with Crippen LogP contribution in [0.2, 0.25) is 0 Å². The van der Waals surface area contributed by atoms with Crippen molar-refractivity contribution >= 4 is 23.9 Å². The van der Waals surface area contributed by atoms with Crippen LogP contribution in [-0.2, 0) is 9.59 Å². The molecule has 2 rings (SSSR count). The average molecular weight is 350 g/mol. The molecular formula is C22H22O4. The molecule has 0 amide bonds. The molecule has 0 heterocycles. The van der Waals surface area contributed by atoms with E-state index in [1.165, 1.54) is 6.92 Å². The lowest BCUT2D eigenvalue weighted by Crippen LogP contribution is -2.26. The Hall–Kier alpha value is -3.14. The number of hydrogen-bond donors (Lipinski definition) is 0. The predicted octanol–water partition coefficient (Wildman–Crippen LogP) is 4.55. The molecule has 2 aromatic rings. The molecule has 0 radical (unpaired) electrons. The monoisotopic (exact) mass is 350 g/mol. The third-order valence-electron chi connectivity index (χ3n) is 3.86. The van der Waals surface area contributed by atoms with E-state index in [0.717, 1.165) is 16.9 Å². The van der Waals surface area contributed by atoms with Crippen molar-refractivity contribution in [3.8, 4) is 11.5 Å². The number of carbonyl (C=O) groups is 2. The Bertz CT molecular complexity index is 786. The van der Waals surface area contributed by atoms with Crippen molar-refractivity contribution in [2.24, 2.45) is 5.92 Å². The topological polar surface area (TPSA) is 52.6 Å². The van der Waals surface area contributed by atoms with Crippen molar-refractivity contribution in [2.45, 2.75) is 13.3 Å². The summed E-state index contributed by atoms with van der Waals surface area (Å²) in [5, 5.41) is 0. The summed E-state index contributed by atoms with van der Waals surface area (Å²) in [7, 11) is 1.63. The van der Waals surface area contributed by atoms with Crippen LogP contribution in [0.15, 0.2) is 61.2 Å². The van der Waals surface area contributed by atoms with E-state index in [2.05, 4.69) is 6.58 Å². The molecule has 26 heavy (non-hydrogen) atoms. The summed E-state index contributed by atoms with van der Waals surface area (Å²) >= 11 is 0. The molecule has 1 atom stereocenters. The van der Waals surface area contributed by atoms with Gasteiger partial charge in [-0.25, -0.2) is 0 Å². The molecule has 1 unspecified atom stereocenters. The lowest BCUT2D eigenvalue weighted by molar-refractivity contribution is -0.143. The molecule has 0 bridgehead atoms. The van der Waals surface area contributed by atoms with Gasteiger partial charge in [-0.15, -0.1) is 6.58 Å². The maximum atomic E-state index is 12.1. The number of ketones is 1. The van der Waals surface area contributed by atoms with Gasteiger partial charge < -0.3 is 9.47 Å². The molecule has 0 aliphatic carbocycles. The van der Waals surface area contributed by atoms with E-state index in [1.54, 1.807) is 25.3 Å². The fourth-order valence-corrected chi connectivity index (χ4v) is 2.34. The summed E-state index contributed by atoms with van der Waals surface area (Å²) in [4.78, 5) is 23.6. The number of carbonyl (C=O) groups excluding carboxylic acids is 2. The van der Waals surface area contributed by atoms with Crippen LogP contribution in [-0.4, -0.2) is 18.9 Å². The van der Waals surface area contributed by atoms with Crippen LogP contribution in [0, 0.1) is 5.92 Å². The van der Waals surface area contributed by atoms with Crippen LogP contribution in [0.5, 0.6) is 11.5 Å². The minimum atomic E-state index is -0.804. The molecular weight excluding hydrogens is 328 g/mol. The molecule has 2 aromatic carbocycles. The van der Waals surface area contributed by atoms with Gasteiger partial charge in [0.25, 0.3) is 0 Å². The highest BCUT2D eigenvalue weighted by Crippen LogP contribution is 2.18. The summed E-state index contributed by atoms with van der Waals surface area (Å²) < 4.78 is 10.4. The second kappa shape index (κ2) is 9.37. The summed E-state index contributed by atoms with van der Waals surface area (Å²) in [6.45, 7) is 4.94. The maximum absolute atomic E-state index is 12.1. The second-order valence-electron chi connectivity index (χ2n) is 5.78. The van der Waals surface area contributed by atoms with Gasteiger partial charge in [0.15, 0.2) is 0 Å². The molecule has 0 aromatic heterocycles. The third kappa shape index (κ3) is 5.45. The number of rotatable bonds is 8. The number of hydrogen-bond acceptors (Lipinski definition) is 4. The largest absolute Gasteiger partial charge is 0.497 e.